The van der Waals surface area contributed by atoms with E-state index in [0.717, 1.165) is 20.6 Å². The van der Waals surface area contributed by atoms with Crippen LogP contribution < -0.4 is 10.5 Å². The molecule has 0 aromatic heterocycles. The van der Waals surface area contributed by atoms with Gasteiger partial charge in [-0.25, -0.2) is 0 Å². The minimum absolute atomic E-state index is 0.487. The highest BCUT2D eigenvalue weighted by molar-refractivity contribution is 14.1. The molecule has 2 aromatic rings. The van der Waals surface area contributed by atoms with Crippen LogP contribution in [0, 0.1) is 10.5 Å². The van der Waals surface area contributed by atoms with Crippen LogP contribution in [0.2, 0.25) is 0 Å². The van der Waals surface area contributed by atoms with Crippen molar-refractivity contribution in [2.45, 2.75) is 13.5 Å². The number of ether oxygens (including phenoxy) is 1. The Bertz CT molecular complexity index is 525. The van der Waals surface area contributed by atoms with Crippen molar-refractivity contribution in [3.05, 3.63) is 57.2 Å². The molecule has 0 fully saturated rings. The fraction of sp³-hybridized carbons (Fsp3) is 0.143. The minimum Gasteiger partial charge on any atom is -0.456 e. The van der Waals surface area contributed by atoms with Crippen LogP contribution in [0.25, 0.3) is 0 Å². The van der Waals surface area contributed by atoms with Gasteiger partial charge in [-0.15, -0.1) is 0 Å². The first-order valence-electron chi connectivity index (χ1n) is 5.42. The molecule has 0 atom stereocenters. The number of rotatable bonds is 3. The third-order valence-corrected chi connectivity index (χ3v) is 3.38. The van der Waals surface area contributed by atoms with Crippen molar-refractivity contribution in [3.63, 3.8) is 0 Å². The molecule has 2 rings (SSSR count). The largest absolute Gasteiger partial charge is 0.456 e. The number of nitrogens with two attached hydrogens (primary N) is 1. The van der Waals surface area contributed by atoms with Crippen molar-refractivity contribution in [2.75, 3.05) is 0 Å². The lowest BCUT2D eigenvalue weighted by molar-refractivity contribution is 0.473. The van der Waals surface area contributed by atoms with Gasteiger partial charge in [0, 0.05) is 12.1 Å². The monoisotopic (exact) mass is 339 g/mol. The summed E-state index contributed by atoms with van der Waals surface area (Å²) in [4.78, 5) is 0. The average Bonchev–Trinajstić information content (AvgIpc) is 2.34. The summed E-state index contributed by atoms with van der Waals surface area (Å²) in [5.41, 5.74) is 7.96. The van der Waals surface area contributed by atoms with Gasteiger partial charge >= 0.3 is 0 Å². The van der Waals surface area contributed by atoms with Crippen LogP contribution in [0.5, 0.6) is 11.5 Å². The van der Waals surface area contributed by atoms with Crippen LogP contribution in [-0.4, -0.2) is 0 Å². The number of hydrogen-bond donors (Lipinski definition) is 1. The molecule has 0 bridgehead atoms. The van der Waals surface area contributed by atoms with Crippen molar-refractivity contribution in [3.8, 4) is 11.5 Å². The second-order valence-electron chi connectivity index (χ2n) is 3.85. The van der Waals surface area contributed by atoms with Gasteiger partial charge in [-0.2, -0.15) is 0 Å². The topological polar surface area (TPSA) is 35.2 Å². The van der Waals surface area contributed by atoms with Crippen molar-refractivity contribution in [2.24, 2.45) is 5.73 Å². The zero-order chi connectivity index (χ0) is 12.3. The summed E-state index contributed by atoms with van der Waals surface area (Å²) in [5.74, 6) is 1.70. The van der Waals surface area contributed by atoms with Crippen LogP contribution in [0.15, 0.2) is 42.5 Å². The molecule has 0 aliphatic carbocycles. The third-order valence-electron chi connectivity index (χ3n) is 2.49. The number of halogens is 1. The van der Waals surface area contributed by atoms with Crippen LogP contribution in [0.1, 0.15) is 11.1 Å². The van der Waals surface area contributed by atoms with E-state index in [1.165, 1.54) is 5.56 Å². The lowest BCUT2D eigenvalue weighted by Gasteiger charge is -2.11. The first-order valence-corrected chi connectivity index (χ1v) is 6.50. The fourth-order valence-electron chi connectivity index (χ4n) is 1.61. The predicted molar refractivity (Wildman–Crippen MR) is 78.3 cm³/mol. The molecule has 2 nitrogen and oxygen atoms in total. The molecule has 0 radical (unpaired) electrons. The van der Waals surface area contributed by atoms with Gasteiger partial charge in [0.25, 0.3) is 0 Å². The second kappa shape index (κ2) is 5.51. The van der Waals surface area contributed by atoms with Crippen LogP contribution in [0.3, 0.4) is 0 Å². The van der Waals surface area contributed by atoms with E-state index in [0.29, 0.717) is 6.54 Å². The van der Waals surface area contributed by atoms with Gasteiger partial charge in [0.05, 0.1) is 3.57 Å². The van der Waals surface area contributed by atoms with Crippen molar-refractivity contribution >= 4 is 22.6 Å². The predicted octanol–water partition coefficient (Wildman–Crippen LogP) is 3.85. The third kappa shape index (κ3) is 2.98. The maximum absolute atomic E-state index is 5.90. The number of para-hydroxylation sites is 1. The summed E-state index contributed by atoms with van der Waals surface area (Å²) in [5, 5.41) is 0. The Morgan fingerprint density at radius 1 is 1.12 bits per heavy atom. The van der Waals surface area contributed by atoms with Gasteiger partial charge in [0.2, 0.25) is 0 Å². The number of aryl methyl sites for hydroxylation is 1. The zero-order valence-corrected chi connectivity index (χ0v) is 11.8. The molecular weight excluding hydrogens is 325 g/mol. The van der Waals surface area contributed by atoms with Crippen molar-refractivity contribution < 1.29 is 4.74 Å². The summed E-state index contributed by atoms with van der Waals surface area (Å²) in [6.45, 7) is 2.54. The Balaban J connectivity index is 2.33. The lowest BCUT2D eigenvalue weighted by atomic mass is 10.1. The molecule has 0 saturated heterocycles. The molecule has 3 heteroatoms. The normalized spacial score (nSPS) is 10.3. The molecule has 0 heterocycles. The van der Waals surface area contributed by atoms with E-state index >= 15 is 0 Å². The summed E-state index contributed by atoms with van der Waals surface area (Å²) >= 11 is 2.26. The Morgan fingerprint density at radius 2 is 1.88 bits per heavy atom. The summed E-state index contributed by atoms with van der Waals surface area (Å²) < 4.78 is 6.99. The number of hydrogen-bond acceptors (Lipinski definition) is 2. The molecule has 0 aliphatic rings. The van der Waals surface area contributed by atoms with Crippen molar-refractivity contribution in [1.29, 1.82) is 0 Å². The SMILES string of the molecule is Cc1ccc(Oc2ccccc2I)c(CN)c1. The lowest BCUT2D eigenvalue weighted by Crippen LogP contribution is -2.00. The van der Waals surface area contributed by atoms with E-state index in [4.69, 9.17) is 10.5 Å². The van der Waals surface area contributed by atoms with Gasteiger partial charge in [-0.1, -0.05) is 29.8 Å². The van der Waals surface area contributed by atoms with E-state index in [9.17, 15) is 0 Å². The summed E-state index contributed by atoms with van der Waals surface area (Å²) in [7, 11) is 0. The van der Waals surface area contributed by atoms with E-state index in [-0.39, 0.29) is 0 Å². The van der Waals surface area contributed by atoms with Gasteiger partial charge in [-0.3, -0.25) is 0 Å². The van der Waals surface area contributed by atoms with Gasteiger partial charge in [0.1, 0.15) is 11.5 Å². The molecule has 2 N–H and O–H groups in total. The summed E-state index contributed by atoms with van der Waals surface area (Å²) in [6.07, 6.45) is 0. The van der Waals surface area contributed by atoms with Gasteiger partial charge < -0.3 is 10.5 Å². The molecule has 0 saturated carbocycles. The van der Waals surface area contributed by atoms with Gasteiger partial charge in [0.15, 0.2) is 0 Å². The van der Waals surface area contributed by atoms with Crippen LogP contribution in [0.4, 0.5) is 0 Å². The Kier molecular flexibility index (Phi) is 4.02. The molecule has 0 amide bonds. The Morgan fingerprint density at radius 3 is 2.59 bits per heavy atom. The van der Waals surface area contributed by atoms with E-state index < -0.39 is 0 Å². The maximum atomic E-state index is 5.90. The molecule has 2 aromatic carbocycles. The molecular formula is C14H14INO. The first kappa shape index (κ1) is 12.4. The fourth-order valence-corrected chi connectivity index (χ4v) is 2.11. The van der Waals surface area contributed by atoms with Crippen molar-refractivity contribution in [1.82, 2.24) is 0 Å². The van der Waals surface area contributed by atoms with E-state index in [1.54, 1.807) is 0 Å². The molecule has 0 spiro atoms. The minimum atomic E-state index is 0.487. The van der Waals surface area contributed by atoms with Crippen LogP contribution in [-0.2, 0) is 6.54 Å². The highest BCUT2D eigenvalue weighted by Gasteiger charge is 2.06. The van der Waals surface area contributed by atoms with E-state index in [1.807, 2.05) is 36.4 Å². The molecule has 0 aliphatic heterocycles. The second-order valence-corrected chi connectivity index (χ2v) is 5.01. The smallest absolute Gasteiger partial charge is 0.140 e. The van der Waals surface area contributed by atoms with Gasteiger partial charge in [-0.05, 0) is 47.7 Å². The highest BCUT2D eigenvalue weighted by Crippen LogP contribution is 2.29. The quantitative estimate of drug-likeness (QED) is 0.862. The maximum Gasteiger partial charge on any atom is 0.140 e. The first-order chi connectivity index (χ1) is 8.20. The Hall–Kier alpha value is -1.07. The Labute approximate surface area is 115 Å². The van der Waals surface area contributed by atoms with Crippen LogP contribution >= 0.6 is 22.6 Å². The standard InChI is InChI=1S/C14H14INO/c1-10-6-7-13(11(8-10)9-16)17-14-5-3-2-4-12(14)15/h2-8H,9,16H2,1H3. The molecule has 0 unspecified atom stereocenters. The van der Waals surface area contributed by atoms with E-state index in [2.05, 4.69) is 35.6 Å². The zero-order valence-electron chi connectivity index (χ0n) is 9.61. The summed E-state index contributed by atoms with van der Waals surface area (Å²) in [6, 6.07) is 14.0. The molecule has 17 heavy (non-hydrogen) atoms. The highest BCUT2D eigenvalue weighted by atomic mass is 127. The number of benzene rings is 2. The molecule has 88 valence electrons. The average molecular weight is 339 g/mol.